The van der Waals surface area contributed by atoms with E-state index in [1.807, 2.05) is 4.90 Å². The van der Waals surface area contributed by atoms with Crippen molar-refractivity contribution in [2.45, 2.75) is 43.9 Å². The van der Waals surface area contributed by atoms with E-state index in [4.69, 9.17) is 0 Å². The predicted molar refractivity (Wildman–Crippen MR) is 78.3 cm³/mol. The van der Waals surface area contributed by atoms with Crippen LogP contribution in [0.3, 0.4) is 0 Å². The van der Waals surface area contributed by atoms with E-state index >= 15 is 0 Å². The van der Waals surface area contributed by atoms with Crippen molar-refractivity contribution in [1.82, 2.24) is 10.3 Å². The standard InChI is InChI=1S/C14H17BrF3N3/c15-9-6-12(14(16,17)18)13(20-7-9)21(11-3-4-11)8-10-2-1-5-19-10/h6-7,10-11,19H,1-5,8H2. The number of nitrogens with zero attached hydrogens (tertiary/aromatic N) is 2. The van der Waals surface area contributed by atoms with Gasteiger partial charge in [-0.2, -0.15) is 13.2 Å². The first-order valence-corrected chi connectivity index (χ1v) is 7.97. The zero-order valence-corrected chi connectivity index (χ0v) is 13.0. The Labute approximate surface area is 130 Å². The van der Waals surface area contributed by atoms with E-state index in [-0.39, 0.29) is 17.9 Å². The summed E-state index contributed by atoms with van der Waals surface area (Å²) < 4.78 is 40.2. The smallest absolute Gasteiger partial charge is 0.352 e. The zero-order chi connectivity index (χ0) is 15.0. The minimum atomic E-state index is -4.39. The van der Waals surface area contributed by atoms with Gasteiger partial charge in [0.25, 0.3) is 0 Å². The van der Waals surface area contributed by atoms with E-state index in [0.29, 0.717) is 11.0 Å². The maximum absolute atomic E-state index is 13.3. The van der Waals surface area contributed by atoms with E-state index in [1.165, 1.54) is 6.20 Å². The summed E-state index contributed by atoms with van der Waals surface area (Å²) >= 11 is 3.09. The highest BCUT2D eigenvalue weighted by molar-refractivity contribution is 9.10. The van der Waals surface area contributed by atoms with E-state index in [2.05, 4.69) is 26.2 Å². The van der Waals surface area contributed by atoms with Gasteiger partial charge in [-0.15, -0.1) is 0 Å². The molecule has 1 saturated heterocycles. The largest absolute Gasteiger partial charge is 0.419 e. The molecule has 0 radical (unpaired) electrons. The van der Waals surface area contributed by atoms with Gasteiger partial charge < -0.3 is 10.2 Å². The molecular formula is C14H17BrF3N3. The summed E-state index contributed by atoms with van der Waals surface area (Å²) in [6, 6.07) is 1.58. The molecule has 0 amide bonds. The molecule has 0 aromatic carbocycles. The van der Waals surface area contributed by atoms with Crippen LogP contribution in [0.25, 0.3) is 0 Å². The molecular weight excluding hydrogens is 347 g/mol. The molecule has 1 aliphatic heterocycles. The van der Waals surface area contributed by atoms with E-state index in [1.54, 1.807) is 0 Å². The second-order valence-corrected chi connectivity index (χ2v) is 6.61. The molecule has 3 rings (SSSR count). The summed E-state index contributed by atoms with van der Waals surface area (Å²) in [6.07, 6.45) is 1.05. The molecule has 1 aromatic heterocycles. The van der Waals surface area contributed by atoms with Crippen molar-refractivity contribution < 1.29 is 13.2 Å². The first-order valence-electron chi connectivity index (χ1n) is 7.18. The molecule has 7 heteroatoms. The molecule has 3 nitrogen and oxygen atoms in total. The Morgan fingerprint density at radius 1 is 1.33 bits per heavy atom. The Morgan fingerprint density at radius 2 is 2.10 bits per heavy atom. The molecule has 21 heavy (non-hydrogen) atoms. The lowest BCUT2D eigenvalue weighted by Crippen LogP contribution is -2.40. The first-order chi connectivity index (χ1) is 9.95. The molecule has 1 atom stereocenters. The summed E-state index contributed by atoms with van der Waals surface area (Å²) in [6.45, 7) is 1.55. The third kappa shape index (κ3) is 3.51. The number of pyridine rings is 1. The van der Waals surface area contributed by atoms with Crippen LogP contribution >= 0.6 is 15.9 Å². The number of nitrogens with one attached hydrogen (secondary N) is 1. The molecule has 116 valence electrons. The van der Waals surface area contributed by atoms with Crippen molar-refractivity contribution in [3.05, 3.63) is 22.3 Å². The van der Waals surface area contributed by atoms with Crippen molar-refractivity contribution in [3.8, 4) is 0 Å². The molecule has 2 fully saturated rings. The number of rotatable bonds is 4. The van der Waals surface area contributed by atoms with Crippen LogP contribution in [0.1, 0.15) is 31.2 Å². The lowest BCUT2D eigenvalue weighted by atomic mass is 10.2. The molecule has 0 spiro atoms. The van der Waals surface area contributed by atoms with Crippen molar-refractivity contribution in [1.29, 1.82) is 0 Å². The van der Waals surface area contributed by atoms with Crippen LogP contribution in [-0.4, -0.2) is 30.2 Å². The molecule has 2 aliphatic rings. The van der Waals surface area contributed by atoms with Gasteiger partial charge >= 0.3 is 6.18 Å². The highest BCUT2D eigenvalue weighted by Gasteiger charge is 2.40. The summed E-state index contributed by atoms with van der Waals surface area (Å²) in [5.41, 5.74) is -0.651. The van der Waals surface area contributed by atoms with Crippen molar-refractivity contribution in [2.75, 3.05) is 18.0 Å². The number of anilines is 1. The third-order valence-corrected chi connectivity index (χ3v) is 4.41. The fourth-order valence-corrected chi connectivity index (χ4v) is 3.15. The van der Waals surface area contributed by atoms with E-state index in [9.17, 15) is 13.2 Å². The first kappa shape index (κ1) is 15.1. The molecule has 1 aromatic rings. The normalized spacial score (nSPS) is 22.6. The topological polar surface area (TPSA) is 28.2 Å². The fourth-order valence-electron chi connectivity index (χ4n) is 2.81. The minimum Gasteiger partial charge on any atom is -0.352 e. The Bertz CT molecular complexity index is 511. The van der Waals surface area contributed by atoms with Crippen LogP contribution in [0.2, 0.25) is 0 Å². The number of alkyl halides is 3. The minimum absolute atomic E-state index is 0.0712. The quantitative estimate of drug-likeness (QED) is 0.885. The average molecular weight is 364 g/mol. The lowest BCUT2D eigenvalue weighted by molar-refractivity contribution is -0.137. The molecule has 0 bridgehead atoms. The van der Waals surface area contributed by atoms with Crippen LogP contribution in [0.5, 0.6) is 0 Å². The summed E-state index contributed by atoms with van der Waals surface area (Å²) in [4.78, 5) is 5.93. The van der Waals surface area contributed by atoms with Gasteiger partial charge in [-0.1, -0.05) is 0 Å². The number of hydrogen-bond acceptors (Lipinski definition) is 3. The number of halogens is 4. The van der Waals surface area contributed by atoms with Gasteiger partial charge in [0.2, 0.25) is 0 Å². The summed E-state index contributed by atoms with van der Waals surface area (Å²) in [5, 5.41) is 3.35. The lowest BCUT2D eigenvalue weighted by Gasteiger charge is -2.29. The van der Waals surface area contributed by atoms with Crippen LogP contribution in [0.15, 0.2) is 16.7 Å². The van der Waals surface area contributed by atoms with Gasteiger partial charge in [-0.05, 0) is 54.2 Å². The van der Waals surface area contributed by atoms with Crippen molar-refractivity contribution in [3.63, 3.8) is 0 Å². The number of aromatic nitrogens is 1. The Morgan fingerprint density at radius 3 is 2.67 bits per heavy atom. The average Bonchev–Trinajstić information content (AvgIpc) is 3.13. The highest BCUT2D eigenvalue weighted by Crippen LogP contribution is 2.40. The van der Waals surface area contributed by atoms with Gasteiger partial charge in [0.15, 0.2) is 0 Å². The van der Waals surface area contributed by atoms with Crippen LogP contribution in [0, 0.1) is 0 Å². The van der Waals surface area contributed by atoms with Crippen LogP contribution in [-0.2, 0) is 6.18 Å². The molecule has 1 aliphatic carbocycles. The number of hydrogen-bond donors (Lipinski definition) is 1. The Balaban J connectivity index is 1.91. The maximum atomic E-state index is 13.3. The van der Waals surface area contributed by atoms with Crippen LogP contribution < -0.4 is 10.2 Å². The summed E-state index contributed by atoms with van der Waals surface area (Å²) in [7, 11) is 0. The molecule has 1 N–H and O–H groups in total. The maximum Gasteiger partial charge on any atom is 0.419 e. The second-order valence-electron chi connectivity index (χ2n) is 5.70. The van der Waals surface area contributed by atoms with E-state index in [0.717, 1.165) is 38.3 Å². The van der Waals surface area contributed by atoms with Gasteiger partial charge in [0.05, 0.1) is 5.56 Å². The second kappa shape index (κ2) is 5.76. The van der Waals surface area contributed by atoms with Crippen molar-refractivity contribution >= 4 is 21.7 Å². The van der Waals surface area contributed by atoms with Gasteiger partial charge in [0.1, 0.15) is 5.82 Å². The van der Waals surface area contributed by atoms with Crippen LogP contribution in [0.4, 0.5) is 19.0 Å². The summed E-state index contributed by atoms with van der Waals surface area (Å²) in [5.74, 6) is 0.0712. The van der Waals surface area contributed by atoms with Crippen molar-refractivity contribution in [2.24, 2.45) is 0 Å². The van der Waals surface area contributed by atoms with E-state index < -0.39 is 11.7 Å². The monoisotopic (exact) mass is 363 g/mol. The van der Waals surface area contributed by atoms with Gasteiger partial charge in [-0.25, -0.2) is 4.98 Å². The molecule has 1 unspecified atom stereocenters. The SMILES string of the molecule is FC(F)(F)c1cc(Br)cnc1N(CC1CCCN1)C1CC1. The highest BCUT2D eigenvalue weighted by atomic mass is 79.9. The molecule has 1 saturated carbocycles. The Hall–Kier alpha value is -0.820. The fraction of sp³-hybridized carbons (Fsp3) is 0.643. The predicted octanol–water partition coefficient (Wildman–Crippen LogP) is 3.58. The van der Waals surface area contributed by atoms with Gasteiger partial charge in [-0.3, -0.25) is 0 Å². The third-order valence-electron chi connectivity index (χ3n) is 3.98. The molecule has 2 heterocycles. The zero-order valence-electron chi connectivity index (χ0n) is 11.5. The Kier molecular flexibility index (Phi) is 4.14. The van der Waals surface area contributed by atoms with Gasteiger partial charge in [0, 0.05) is 29.3 Å².